The Morgan fingerprint density at radius 3 is 0.965 bits per heavy atom. The minimum absolute atomic E-state index is 0.131. The van der Waals surface area contributed by atoms with Gasteiger partial charge in [-0.05, 0) is 127 Å². The van der Waals surface area contributed by atoms with Crippen molar-refractivity contribution in [1.29, 1.82) is 0 Å². The highest BCUT2D eigenvalue weighted by molar-refractivity contribution is 6.25. The average molecular weight is 725 g/mol. The molecule has 2 aromatic heterocycles. The lowest BCUT2D eigenvalue weighted by Crippen LogP contribution is -2.15. The lowest BCUT2D eigenvalue weighted by atomic mass is 9.81. The van der Waals surface area contributed by atoms with Gasteiger partial charge >= 0.3 is 0 Å². The van der Waals surface area contributed by atoms with Crippen LogP contribution in [0.5, 0.6) is 0 Å². The lowest BCUT2D eigenvalue weighted by molar-refractivity contribution is 0.661. The second-order valence-corrected chi connectivity index (χ2v) is 16.5. The molecule has 57 heavy (non-hydrogen) atoms. The number of nitrogens with zero attached hydrogens (tertiary/aromatic N) is 2. The maximum absolute atomic E-state index is 2.43. The highest BCUT2D eigenvalue weighted by Crippen LogP contribution is 2.51. The Labute approximate surface area is 330 Å². The van der Waals surface area contributed by atoms with Crippen molar-refractivity contribution in [2.24, 2.45) is 0 Å². The van der Waals surface area contributed by atoms with E-state index in [1.54, 1.807) is 0 Å². The molecule has 0 spiro atoms. The number of rotatable bonds is 4. The second kappa shape index (κ2) is 11.0. The highest BCUT2D eigenvalue weighted by Gasteiger charge is 2.36. The van der Waals surface area contributed by atoms with Crippen molar-refractivity contribution in [1.82, 2.24) is 9.13 Å². The minimum atomic E-state index is -0.131. The molecule has 1 aliphatic rings. The summed E-state index contributed by atoms with van der Waals surface area (Å²) >= 11 is 0. The van der Waals surface area contributed by atoms with Crippen LogP contribution in [0.1, 0.15) is 25.0 Å². The van der Waals surface area contributed by atoms with Crippen molar-refractivity contribution < 1.29 is 0 Å². The Kier molecular flexibility index (Phi) is 6.00. The Morgan fingerprint density at radius 2 is 0.632 bits per heavy atom. The SMILES string of the molecule is CC1(C)c2cc(-c3ccc(-n4c5cccc6ccc7cccc4c7c65)cc3)ccc2-c2ccc(-c3ccc(-n4c5cccc6ccc7cccc4c7c65)cc3)cc21. The van der Waals surface area contributed by atoms with Gasteiger partial charge in [0.15, 0.2) is 0 Å². The largest absolute Gasteiger partial charge is 0.309 e. The molecule has 0 amide bonds. The number of hydrogen-bond acceptors (Lipinski definition) is 0. The number of aromatic nitrogens is 2. The first kappa shape index (κ1) is 31.1. The van der Waals surface area contributed by atoms with E-state index in [-0.39, 0.29) is 5.41 Å². The van der Waals surface area contributed by atoms with E-state index in [4.69, 9.17) is 0 Å². The first-order valence-electron chi connectivity index (χ1n) is 20.0. The maximum atomic E-state index is 2.43. The molecular formula is C55H36N2. The molecule has 0 atom stereocenters. The van der Waals surface area contributed by atoms with E-state index < -0.39 is 0 Å². The van der Waals surface area contributed by atoms with Crippen molar-refractivity contribution in [3.63, 3.8) is 0 Å². The molecule has 1 aliphatic carbocycles. The van der Waals surface area contributed by atoms with E-state index in [1.807, 2.05) is 0 Å². The number of benzene rings is 10. The standard InChI is InChI=1S/C55H36N2/c1-55(2)45-31-39(33-19-25-41(26-20-33)56-47-11-3-7-35-15-16-36-8-4-12-48(56)52(36)51(35)47)23-29-43(45)44-30-24-40(32-46(44)55)34-21-27-42(28-22-34)57-49-13-5-9-37-17-18-38-10-6-14-50(57)54(38)53(37)49/h3-32H,1-2H3. The molecular weight excluding hydrogens is 689 g/mol. The van der Waals surface area contributed by atoms with Gasteiger partial charge in [0.2, 0.25) is 0 Å². The fourth-order valence-corrected chi connectivity index (χ4v) is 10.5. The Morgan fingerprint density at radius 1 is 0.316 bits per heavy atom. The molecule has 0 N–H and O–H groups in total. The lowest BCUT2D eigenvalue weighted by Gasteiger charge is -2.23. The van der Waals surface area contributed by atoms with Crippen LogP contribution < -0.4 is 0 Å². The van der Waals surface area contributed by atoms with Crippen LogP contribution in [0.2, 0.25) is 0 Å². The molecule has 0 aliphatic heterocycles. The summed E-state index contributed by atoms with van der Waals surface area (Å²) in [6.07, 6.45) is 0. The molecule has 0 unspecified atom stereocenters. The van der Waals surface area contributed by atoms with Gasteiger partial charge < -0.3 is 9.13 Å². The smallest absolute Gasteiger partial charge is 0.0547 e. The number of hydrogen-bond donors (Lipinski definition) is 0. The van der Waals surface area contributed by atoms with E-state index in [0.717, 1.165) is 0 Å². The monoisotopic (exact) mass is 724 g/mol. The van der Waals surface area contributed by atoms with Crippen LogP contribution in [0.3, 0.4) is 0 Å². The summed E-state index contributed by atoms with van der Waals surface area (Å²) in [7, 11) is 0. The van der Waals surface area contributed by atoms with Crippen molar-refractivity contribution in [3.8, 4) is 44.8 Å². The van der Waals surface area contributed by atoms with Crippen molar-refractivity contribution >= 4 is 65.2 Å². The van der Waals surface area contributed by atoms with Gasteiger partial charge in [-0.2, -0.15) is 0 Å². The third-order valence-electron chi connectivity index (χ3n) is 13.2. The fourth-order valence-electron chi connectivity index (χ4n) is 10.5. The molecule has 0 radical (unpaired) electrons. The van der Waals surface area contributed by atoms with Crippen LogP contribution in [0.25, 0.3) is 110 Å². The highest BCUT2D eigenvalue weighted by atomic mass is 15.0. The topological polar surface area (TPSA) is 9.86 Å². The Bertz CT molecular complexity index is 3200. The first-order chi connectivity index (χ1) is 28.0. The van der Waals surface area contributed by atoms with Gasteiger partial charge in [0.05, 0.1) is 22.1 Å². The average Bonchev–Trinajstić information content (AvgIpc) is 3.87. The Hall–Kier alpha value is -7.16. The molecule has 2 heterocycles. The molecule has 2 heteroatoms. The van der Waals surface area contributed by atoms with Crippen LogP contribution in [0.15, 0.2) is 182 Å². The van der Waals surface area contributed by atoms with Crippen LogP contribution >= 0.6 is 0 Å². The molecule has 266 valence electrons. The molecule has 13 rings (SSSR count). The fraction of sp³-hybridized carbons (Fsp3) is 0.0545. The maximum Gasteiger partial charge on any atom is 0.0547 e. The van der Waals surface area contributed by atoms with E-state index in [2.05, 4.69) is 205 Å². The van der Waals surface area contributed by atoms with Gasteiger partial charge in [-0.3, -0.25) is 0 Å². The third kappa shape index (κ3) is 4.14. The summed E-state index contributed by atoms with van der Waals surface area (Å²) in [6.45, 7) is 4.77. The minimum Gasteiger partial charge on any atom is -0.309 e. The van der Waals surface area contributed by atoms with E-state index in [0.29, 0.717) is 0 Å². The molecule has 0 saturated heterocycles. The Balaban J connectivity index is 0.839. The van der Waals surface area contributed by atoms with E-state index >= 15 is 0 Å². The summed E-state index contributed by atoms with van der Waals surface area (Å²) in [5, 5.41) is 10.6. The van der Waals surface area contributed by atoms with Gasteiger partial charge in [-0.25, -0.2) is 0 Å². The molecule has 12 aromatic rings. The van der Waals surface area contributed by atoms with Gasteiger partial charge in [-0.1, -0.05) is 135 Å². The second-order valence-electron chi connectivity index (χ2n) is 16.5. The van der Waals surface area contributed by atoms with Crippen LogP contribution in [-0.4, -0.2) is 9.13 Å². The first-order valence-corrected chi connectivity index (χ1v) is 20.0. The summed E-state index contributed by atoms with van der Waals surface area (Å²) in [4.78, 5) is 0. The van der Waals surface area contributed by atoms with Crippen LogP contribution in [0, 0.1) is 0 Å². The summed E-state index contributed by atoms with van der Waals surface area (Å²) in [6, 6.07) is 68.1. The predicted molar refractivity (Wildman–Crippen MR) is 241 cm³/mol. The van der Waals surface area contributed by atoms with Crippen molar-refractivity contribution in [3.05, 3.63) is 193 Å². The molecule has 0 bridgehead atoms. The van der Waals surface area contributed by atoms with Crippen LogP contribution in [-0.2, 0) is 5.41 Å². The zero-order valence-corrected chi connectivity index (χ0v) is 31.7. The molecule has 2 nitrogen and oxygen atoms in total. The normalized spacial score (nSPS) is 13.6. The van der Waals surface area contributed by atoms with Gasteiger partial charge in [0, 0.05) is 38.3 Å². The summed E-state index contributed by atoms with van der Waals surface area (Å²) < 4.78 is 4.85. The molecule has 0 fully saturated rings. The van der Waals surface area contributed by atoms with E-state index in [1.165, 1.54) is 121 Å². The predicted octanol–water partition coefficient (Wildman–Crippen LogP) is 14.7. The molecule has 0 saturated carbocycles. The van der Waals surface area contributed by atoms with E-state index in [9.17, 15) is 0 Å². The molecule has 10 aromatic carbocycles. The van der Waals surface area contributed by atoms with Gasteiger partial charge in [0.1, 0.15) is 0 Å². The zero-order chi connectivity index (χ0) is 37.6. The van der Waals surface area contributed by atoms with Crippen molar-refractivity contribution in [2.75, 3.05) is 0 Å². The van der Waals surface area contributed by atoms with Crippen LogP contribution in [0.4, 0.5) is 0 Å². The van der Waals surface area contributed by atoms with Gasteiger partial charge in [0.25, 0.3) is 0 Å². The quantitative estimate of drug-likeness (QED) is 0.160. The van der Waals surface area contributed by atoms with Gasteiger partial charge in [-0.15, -0.1) is 0 Å². The zero-order valence-electron chi connectivity index (χ0n) is 31.7. The summed E-state index contributed by atoms with van der Waals surface area (Å²) in [5.41, 5.74) is 17.7. The van der Waals surface area contributed by atoms with Crippen molar-refractivity contribution in [2.45, 2.75) is 19.3 Å². The third-order valence-corrected chi connectivity index (χ3v) is 13.2. The number of fused-ring (bicyclic) bond motifs is 3. The summed E-state index contributed by atoms with van der Waals surface area (Å²) in [5.74, 6) is 0.